The molecule has 4 heteroatoms. The maximum absolute atomic E-state index is 13.3. The minimum absolute atomic E-state index is 0.0146. The molecule has 4 fully saturated rings. The van der Waals surface area contributed by atoms with Gasteiger partial charge in [0.25, 0.3) is 0 Å². The van der Waals surface area contributed by atoms with E-state index in [1.165, 1.54) is 19.3 Å². The first-order chi connectivity index (χ1) is 13.5. The van der Waals surface area contributed by atoms with Crippen molar-refractivity contribution in [3.05, 3.63) is 48.0 Å². The number of benzene rings is 2. The summed E-state index contributed by atoms with van der Waals surface area (Å²) in [6.45, 7) is 0. The van der Waals surface area contributed by atoms with Gasteiger partial charge >= 0.3 is 5.97 Å². The average Bonchev–Trinajstić information content (AvgIpc) is 2.66. The Balaban J connectivity index is 1.37. The van der Waals surface area contributed by atoms with E-state index in [0.29, 0.717) is 24.2 Å². The van der Waals surface area contributed by atoms with E-state index in [4.69, 9.17) is 0 Å². The van der Waals surface area contributed by atoms with Crippen molar-refractivity contribution in [2.45, 2.75) is 51.0 Å². The standard InChI is InChI=1S/C24H27NO3/c26-22(27)21(11-19-6-3-5-18-4-1-2-7-20(18)19)25-23(28)24-12-15-8-16(13-24)10-17(9-15)14-24/h1-7,15-17,21H,8-14H2,(H,25,28)(H,26,27)/t15?,16?,17?,21-,24?/m1/s1. The smallest absolute Gasteiger partial charge is 0.326 e. The lowest BCUT2D eigenvalue weighted by molar-refractivity contribution is -0.151. The van der Waals surface area contributed by atoms with E-state index >= 15 is 0 Å². The molecule has 0 spiro atoms. The predicted octanol–water partition coefficient (Wildman–Crippen LogP) is 4.17. The fraction of sp³-hybridized carbons (Fsp3) is 0.500. The molecule has 4 nitrogen and oxygen atoms in total. The number of aliphatic carboxylic acids is 1. The first kappa shape index (κ1) is 17.7. The van der Waals surface area contributed by atoms with Gasteiger partial charge in [-0.3, -0.25) is 4.79 Å². The molecule has 4 aliphatic carbocycles. The predicted molar refractivity (Wildman–Crippen MR) is 108 cm³/mol. The molecule has 4 bridgehead atoms. The lowest BCUT2D eigenvalue weighted by Gasteiger charge is -2.55. The Kier molecular flexibility index (Phi) is 4.18. The van der Waals surface area contributed by atoms with Crippen LogP contribution in [-0.2, 0) is 16.0 Å². The van der Waals surface area contributed by atoms with Crippen molar-refractivity contribution in [3.63, 3.8) is 0 Å². The van der Waals surface area contributed by atoms with Crippen molar-refractivity contribution >= 4 is 22.6 Å². The summed E-state index contributed by atoms with van der Waals surface area (Å²) in [6.07, 6.45) is 6.97. The van der Waals surface area contributed by atoms with Gasteiger partial charge in [0.2, 0.25) is 5.91 Å². The maximum Gasteiger partial charge on any atom is 0.326 e. The molecule has 6 rings (SSSR count). The summed E-state index contributed by atoms with van der Waals surface area (Å²) in [5.74, 6) is 1.03. The van der Waals surface area contributed by atoms with Crippen molar-refractivity contribution in [2.75, 3.05) is 0 Å². The van der Waals surface area contributed by atoms with Crippen LogP contribution in [0.2, 0.25) is 0 Å². The van der Waals surface area contributed by atoms with Gasteiger partial charge in [-0.1, -0.05) is 42.5 Å². The average molecular weight is 377 g/mol. The number of carboxylic acid groups (broad SMARTS) is 1. The van der Waals surface area contributed by atoms with Crippen molar-refractivity contribution in [1.29, 1.82) is 0 Å². The van der Waals surface area contributed by atoms with Crippen LogP contribution < -0.4 is 5.32 Å². The number of hydrogen-bond donors (Lipinski definition) is 2. The molecule has 1 atom stereocenters. The zero-order chi connectivity index (χ0) is 19.3. The number of carbonyl (C=O) groups is 2. The van der Waals surface area contributed by atoms with Gasteiger partial charge in [0, 0.05) is 11.8 Å². The van der Waals surface area contributed by atoms with Crippen molar-refractivity contribution in [2.24, 2.45) is 23.2 Å². The number of carbonyl (C=O) groups excluding carboxylic acids is 1. The van der Waals surface area contributed by atoms with E-state index in [9.17, 15) is 14.7 Å². The maximum atomic E-state index is 13.3. The van der Waals surface area contributed by atoms with Gasteiger partial charge in [0.05, 0.1) is 0 Å². The molecule has 2 aromatic rings. The normalized spacial score (nSPS) is 31.6. The van der Waals surface area contributed by atoms with Gasteiger partial charge in [0.15, 0.2) is 0 Å². The van der Waals surface area contributed by atoms with E-state index in [1.54, 1.807) is 0 Å². The molecule has 0 aliphatic heterocycles. The van der Waals surface area contributed by atoms with Crippen molar-refractivity contribution in [1.82, 2.24) is 5.32 Å². The second-order valence-corrected chi connectivity index (χ2v) is 9.40. The van der Waals surface area contributed by atoms with Crippen LogP contribution in [0.4, 0.5) is 0 Å². The molecule has 4 saturated carbocycles. The fourth-order valence-electron chi connectivity index (χ4n) is 6.59. The van der Waals surface area contributed by atoms with Crippen LogP contribution in [-0.4, -0.2) is 23.0 Å². The Bertz CT molecular complexity index is 894. The third kappa shape index (κ3) is 2.99. The summed E-state index contributed by atoms with van der Waals surface area (Å²) in [7, 11) is 0. The SMILES string of the molecule is O=C(O)[C@@H](Cc1cccc2ccccc12)NC(=O)C12CC3CC(CC(C3)C1)C2. The molecule has 0 heterocycles. The highest BCUT2D eigenvalue weighted by Crippen LogP contribution is 2.60. The molecule has 0 aromatic heterocycles. The fourth-order valence-corrected chi connectivity index (χ4v) is 6.59. The molecule has 1 amide bonds. The number of carboxylic acids is 1. The summed E-state index contributed by atoms with van der Waals surface area (Å²) in [4.78, 5) is 25.3. The number of rotatable bonds is 5. The lowest BCUT2D eigenvalue weighted by Crippen LogP contribution is -2.56. The van der Waals surface area contributed by atoms with Crippen LogP contribution >= 0.6 is 0 Å². The Morgan fingerprint density at radius 3 is 2.21 bits per heavy atom. The third-order valence-electron chi connectivity index (χ3n) is 7.43. The van der Waals surface area contributed by atoms with Crippen molar-refractivity contribution in [3.8, 4) is 0 Å². The second kappa shape index (κ2) is 6.61. The number of hydrogen-bond acceptors (Lipinski definition) is 2. The van der Waals surface area contributed by atoms with E-state index in [0.717, 1.165) is 35.6 Å². The first-order valence-electron chi connectivity index (χ1n) is 10.5. The molecule has 146 valence electrons. The summed E-state index contributed by atoms with van der Waals surface area (Å²) in [5.41, 5.74) is 0.651. The Morgan fingerprint density at radius 1 is 0.964 bits per heavy atom. The molecule has 0 saturated heterocycles. The van der Waals surface area contributed by atoms with Crippen LogP contribution in [0.3, 0.4) is 0 Å². The number of nitrogens with one attached hydrogen (secondary N) is 1. The summed E-state index contributed by atoms with van der Waals surface area (Å²) in [5, 5.41) is 14.9. The highest BCUT2D eigenvalue weighted by atomic mass is 16.4. The van der Waals surface area contributed by atoms with Crippen LogP contribution in [0.1, 0.15) is 44.1 Å². The zero-order valence-electron chi connectivity index (χ0n) is 16.1. The van der Waals surface area contributed by atoms with Gasteiger partial charge < -0.3 is 10.4 Å². The topological polar surface area (TPSA) is 66.4 Å². The number of fused-ring (bicyclic) bond motifs is 1. The van der Waals surface area contributed by atoms with Crippen molar-refractivity contribution < 1.29 is 14.7 Å². The van der Waals surface area contributed by atoms with E-state index < -0.39 is 12.0 Å². The highest BCUT2D eigenvalue weighted by Gasteiger charge is 2.54. The molecule has 4 aliphatic rings. The van der Waals surface area contributed by atoms with Crippen LogP contribution in [0, 0.1) is 23.2 Å². The van der Waals surface area contributed by atoms with Gasteiger partial charge in [-0.15, -0.1) is 0 Å². The van der Waals surface area contributed by atoms with Crippen LogP contribution in [0.25, 0.3) is 10.8 Å². The summed E-state index contributed by atoms with van der Waals surface area (Å²) in [6, 6.07) is 13.1. The summed E-state index contributed by atoms with van der Waals surface area (Å²) < 4.78 is 0. The van der Waals surface area contributed by atoms with Crippen LogP contribution in [0.5, 0.6) is 0 Å². The second-order valence-electron chi connectivity index (χ2n) is 9.40. The molecule has 0 unspecified atom stereocenters. The number of amides is 1. The Hall–Kier alpha value is -2.36. The quantitative estimate of drug-likeness (QED) is 0.822. The van der Waals surface area contributed by atoms with Gasteiger partial charge in [-0.25, -0.2) is 4.79 Å². The third-order valence-corrected chi connectivity index (χ3v) is 7.43. The first-order valence-corrected chi connectivity index (χ1v) is 10.5. The highest BCUT2D eigenvalue weighted by molar-refractivity contribution is 5.89. The van der Waals surface area contributed by atoms with E-state index in [-0.39, 0.29) is 11.3 Å². The van der Waals surface area contributed by atoms with Gasteiger partial charge in [-0.2, -0.15) is 0 Å². The molecular weight excluding hydrogens is 350 g/mol. The molecule has 28 heavy (non-hydrogen) atoms. The molecular formula is C24H27NO3. The Labute approximate surface area is 165 Å². The molecule has 2 N–H and O–H groups in total. The zero-order valence-corrected chi connectivity index (χ0v) is 16.1. The lowest BCUT2D eigenvalue weighted by atomic mass is 9.49. The monoisotopic (exact) mass is 377 g/mol. The van der Waals surface area contributed by atoms with Gasteiger partial charge in [0.1, 0.15) is 6.04 Å². The minimum atomic E-state index is -0.953. The molecule has 0 radical (unpaired) electrons. The summed E-state index contributed by atoms with van der Waals surface area (Å²) >= 11 is 0. The van der Waals surface area contributed by atoms with E-state index in [2.05, 4.69) is 5.32 Å². The van der Waals surface area contributed by atoms with E-state index in [1.807, 2.05) is 42.5 Å². The van der Waals surface area contributed by atoms with Gasteiger partial charge in [-0.05, 0) is 72.6 Å². The minimum Gasteiger partial charge on any atom is -0.480 e. The molecule has 2 aromatic carbocycles. The largest absolute Gasteiger partial charge is 0.480 e. The van der Waals surface area contributed by atoms with Crippen LogP contribution in [0.15, 0.2) is 42.5 Å². The Morgan fingerprint density at radius 2 is 1.57 bits per heavy atom.